The fraction of sp³-hybridized carbons (Fsp3) is 0.308. The number of thiazole rings is 1. The third-order valence-electron chi connectivity index (χ3n) is 2.70. The maximum absolute atomic E-state index is 6.17. The first kappa shape index (κ1) is 14.0. The van der Waals surface area contributed by atoms with Crippen molar-refractivity contribution in [3.8, 4) is 0 Å². The Morgan fingerprint density at radius 2 is 2.33 bits per heavy atom. The average Bonchev–Trinajstić information content (AvgIpc) is 2.88. The van der Waals surface area contributed by atoms with Crippen LogP contribution in [0.4, 0.5) is 0 Å². The first-order valence-electron chi connectivity index (χ1n) is 5.77. The number of aromatic nitrogens is 1. The molecule has 2 rings (SSSR count). The summed E-state index contributed by atoms with van der Waals surface area (Å²) in [4.78, 5) is 4.35. The van der Waals surface area contributed by atoms with Crippen molar-refractivity contribution < 1.29 is 0 Å². The lowest BCUT2D eigenvalue weighted by Gasteiger charge is -2.15. The van der Waals surface area contributed by atoms with Gasteiger partial charge in [0.2, 0.25) is 0 Å². The lowest BCUT2D eigenvalue weighted by Crippen LogP contribution is -2.20. The van der Waals surface area contributed by atoms with Crippen LogP contribution in [0.2, 0.25) is 5.02 Å². The topological polar surface area (TPSA) is 24.9 Å². The summed E-state index contributed by atoms with van der Waals surface area (Å²) in [6.07, 6.45) is 2.86. The monoisotopic (exact) mass is 344 g/mol. The van der Waals surface area contributed by atoms with Gasteiger partial charge in [-0.15, -0.1) is 11.3 Å². The summed E-state index contributed by atoms with van der Waals surface area (Å²) in [5, 5.41) is 7.42. The Bertz CT molecular complexity index is 502. The molecule has 18 heavy (non-hydrogen) atoms. The van der Waals surface area contributed by atoms with E-state index in [1.54, 1.807) is 11.3 Å². The number of benzene rings is 1. The molecule has 1 heterocycles. The highest BCUT2D eigenvalue weighted by molar-refractivity contribution is 9.10. The fourth-order valence-corrected chi connectivity index (χ4v) is 3.11. The zero-order valence-corrected chi connectivity index (χ0v) is 13.1. The van der Waals surface area contributed by atoms with Crippen LogP contribution in [0.5, 0.6) is 0 Å². The van der Waals surface area contributed by atoms with Crippen molar-refractivity contribution in [2.45, 2.75) is 25.9 Å². The number of nitrogens with one attached hydrogen (secondary N) is 1. The van der Waals surface area contributed by atoms with E-state index in [-0.39, 0.29) is 0 Å². The molecule has 1 atom stereocenters. The second kappa shape index (κ2) is 6.66. The van der Waals surface area contributed by atoms with Crippen molar-refractivity contribution in [1.29, 1.82) is 0 Å². The zero-order valence-electron chi connectivity index (χ0n) is 9.99. The van der Waals surface area contributed by atoms with Gasteiger partial charge in [-0.05, 0) is 30.2 Å². The van der Waals surface area contributed by atoms with Crippen LogP contribution in [-0.2, 0) is 6.54 Å². The minimum absolute atomic E-state index is 0.292. The Kier molecular flexibility index (Phi) is 5.18. The molecule has 0 amide bonds. The highest BCUT2D eigenvalue weighted by atomic mass is 79.9. The second-order valence-electron chi connectivity index (χ2n) is 3.95. The zero-order chi connectivity index (χ0) is 13.0. The molecule has 0 saturated heterocycles. The molecule has 2 nitrogen and oxygen atoms in total. The lowest BCUT2D eigenvalue weighted by atomic mass is 10.2. The van der Waals surface area contributed by atoms with Gasteiger partial charge >= 0.3 is 0 Å². The summed E-state index contributed by atoms with van der Waals surface area (Å²) in [6.45, 7) is 2.90. The van der Waals surface area contributed by atoms with Crippen LogP contribution in [-0.4, -0.2) is 4.98 Å². The maximum Gasteiger partial charge on any atom is 0.109 e. The van der Waals surface area contributed by atoms with Gasteiger partial charge in [0.15, 0.2) is 0 Å². The molecule has 0 radical (unpaired) electrons. The standard InChI is InChI=1S/C13H14BrClN2S/c1-2-12(13-16-5-6-18-13)17-8-9-7-10(14)3-4-11(9)15/h3-7,12,17H,2,8H2,1H3. The first-order chi connectivity index (χ1) is 8.70. The van der Waals surface area contributed by atoms with Gasteiger partial charge in [0.25, 0.3) is 0 Å². The van der Waals surface area contributed by atoms with Crippen molar-refractivity contribution in [3.05, 3.63) is 49.8 Å². The van der Waals surface area contributed by atoms with E-state index in [0.717, 1.165) is 33.0 Å². The molecule has 0 spiro atoms. The number of rotatable bonds is 5. The van der Waals surface area contributed by atoms with E-state index in [2.05, 4.69) is 33.2 Å². The van der Waals surface area contributed by atoms with E-state index in [0.29, 0.717) is 6.04 Å². The summed E-state index contributed by atoms with van der Waals surface area (Å²) >= 11 is 11.3. The molecular formula is C13H14BrClN2S. The van der Waals surface area contributed by atoms with Crippen molar-refractivity contribution in [3.63, 3.8) is 0 Å². The summed E-state index contributed by atoms with van der Waals surface area (Å²) < 4.78 is 1.05. The van der Waals surface area contributed by atoms with Crippen molar-refractivity contribution in [1.82, 2.24) is 10.3 Å². The number of nitrogens with zero attached hydrogens (tertiary/aromatic N) is 1. The van der Waals surface area contributed by atoms with Gasteiger partial charge in [-0.25, -0.2) is 4.98 Å². The van der Waals surface area contributed by atoms with E-state index in [1.165, 1.54) is 0 Å². The van der Waals surface area contributed by atoms with E-state index >= 15 is 0 Å². The van der Waals surface area contributed by atoms with Gasteiger partial charge in [-0.3, -0.25) is 0 Å². The average molecular weight is 346 g/mol. The normalized spacial score (nSPS) is 12.6. The van der Waals surface area contributed by atoms with Gasteiger partial charge in [0.1, 0.15) is 5.01 Å². The van der Waals surface area contributed by atoms with Crippen LogP contribution in [0.1, 0.15) is 30.0 Å². The second-order valence-corrected chi connectivity index (χ2v) is 6.20. The quantitative estimate of drug-likeness (QED) is 0.842. The summed E-state index contributed by atoms with van der Waals surface area (Å²) in [7, 11) is 0. The van der Waals surface area contributed by atoms with Crippen LogP contribution in [0.15, 0.2) is 34.2 Å². The van der Waals surface area contributed by atoms with Crippen molar-refractivity contribution >= 4 is 38.9 Å². The first-order valence-corrected chi connectivity index (χ1v) is 7.82. The highest BCUT2D eigenvalue weighted by Gasteiger charge is 2.11. The molecule has 96 valence electrons. The van der Waals surface area contributed by atoms with E-state index in [1.807, 2.05) is 29.8 Å². The van der Waals surface area contributed by atoms with Gasteiger partial charge in [-0.1, -0.05) is 34.5 Å². The lowest BCUT2D eigenvalue weighted by molar-refractivity contribution is 0.516. The molecule has 0 saturated carbocycles. The minimum atomic E-state index is 0.292. The molecule has 1 N–H and O–H groups in total. The van der Waals surface area contributed by atoms with Gasteiger partial charge in [0.05, 0.1) is 6.04 Å². The third kappa shape index (κ3) is 3.54. The van der Waals surface area contributed by atoms with Crippen LogP contribution in [0.3, 0.4) is 0 Å². The van der Waals surface area contributed by atoms with Crippen LogP contribution in [0.25, 0.3) is 0 Å². The number of halogens is 2. The summed E-state index contributed by atoms with van der Waals surface area (Å²) in [5.41, 5.74) is 1.10. The predicted molar refractivity (Wildman–Crippen MR) is 81.1 cm³/mol. The van der Waals surface area contributed by atoms with E-state index in [9.17, 15) is 0 Å². The SMILES string of the molecule is CCC(NCc1cc(Br)ccc1Cl)c1nccs1. The minimum Gasteiger partial charge on any atom is -0.304 e. The molecule has 0 bridgehead atoms. The molecule has 5 heteroatoms. The van der Waals surface area contributed by atoms with E-state index in [4.69, 9.17) is 11.6 Å². The van der Waals surface area contributed by atoms with Gasteiger partial charge < -0.3 is 5.32 Å². The molecule has 0 aliphatic rings. The Labute approximate surface area is 125 Å². The fourth-order valence-electron chi connectivity index (χ4n) is 1.72. The van der Waals surface area contributed by atoms with Gasteiger partial charge in [-0.2, -0.15) is 0 Å². The summed E-state index contributed by atoms with van der Waals surface area (Å²) in [5.74, 6) is 0. The Hall–Kier alpha value is -0.420. The Morgan fingerprint density at radius 3 is 3.00 bits per heavy atom. The number of hydrogen-bond acceptors (Lipinski definition) is 3. The van der Waals surface area contributed by atoms with Crippen LogP contribution < -0.4 is 5.32 Å². The molecule has 2 aromatic rings. The maximum atomic E-state index is 6.17. The Morgan fingerprint density at radius 1 is 1.50 bits per heavy atom. The highest BCUT2D eigenvalue weighted by Crippen LogP contribution is 2.23. The third-order valence-corrected chi connectivity index (χ3v) is 4.46. The summed E-state index contributed by atoms with van der Waals surface area (Å²) in [6, 6.07) is 6.20. The van der Waals surface area contributed by atoms with E-state index < -0.39 is 0 Å². The molecule has 1 unspecified atom stereocenters. The number of hydrogen-bond donors (Lipinski definition) is 1. The molecule has 1 aromatic heterocycles. The van der Waals surface area contributed by atoms with Crippen molar-refractivity contribution in [2.24, 2.45) is 0 Å². The van der Waals surface area contributed by atoms with Crippen LogP contribution >= 0.6 is 38.9 Å². The largest absolute Gasteiger partial charge is 0.304 e. The molecule has 0 aliphatic heterocycles. The van der Waals surface area contributed by atoms with Crippen LogP contribution in [0, 0.1) is 0 Å². The molecule has 1 aromatic carbocycles. The molecular weight excluding hydrogens is 332 g/mol. The Balaban J connectivity index is 2.04. The molecule has 0 fully saturated rings. The molecule has 0 aliphatic carbocycles. The predicted octanol–water partition coefficient (Wildman–Crippen LogP) is 4.80. The smallest absolute Gasteiger partial charge is 0.109 e. The van der Waals surface area contributed by atoms with Gasteiger partial charge in [0, 0.05) is 27.6 Å². The van der Waals surface area contributed by atoms with Crippen molar-refractivity contribution in [2.75, 3.05) is 0 Å².